The number of carbonyl (C=O) groups is 1. The molecule has 1 N–H and O–H groups in total. The van der Waals surface area contributed by atoms with Gasteiger partial charge in [0.15, 0.2) is 0 Å². The molecule has 204 valence electrons. The summed E-state index contributed by atoms with van der Waals surface area (Å²) in [5.74, 6) is -1.14. The van der Waals surface area contributed by atoms with Gasteiger partial charge in [0.2, 0.25) is 5.82 Å². The van der Waals surface area contributed by atoms with Crippen LogP contribution in [0.4, 0.5) is 13.2 Å². The highest BCUT2D eigenvalue weighted by molar-refractivity contribution is 7.15. The van der Waals surface area contributed by atoms with Gasteiger partial charge in [0.25, 0.3) is 5.91 Å². The predicted octanol–water partition coefficient (Wildman–Crippen LogP) is 4.60. The van der Waals surface area contributed by atoms with E-state index in [0.717, 1.165) is 53.8 Å². The van der Waals surface area contributed by atoms with Crippen molar-refractivity contribution in [3.63, 3.8) is 0 Å². The third kappa shape index (κ3) is 6.86. The lowest BCUT2D eigenvalue weighted by Gasteiger charge is -2.40. The molecule has 38 heavy (non-hydrogen) atoms. The number of amides is 1. The van der Waals surface area contributed by atoms with Crippen molar-refractivity contribution in [3.05, 3.63) is 58.6 Å². The molecular weight excluding hydrogens is 519 g/mol. The molecule has 3 aromatic rings. The summed E-state index contributed by atoms with van der Waals surface area (Å²) in [6.07, 6.45) is 0.908. The van der Waals surface area contributed by atoms with Crippen LogP contribution in [-0.4, -0.2) is 64.7 Å². The zero-order valence-corrected chi connectivity index (χ0v) is 22.3. The van der Waals surface area contributed by atoms with Crippen molar-refractivity contribution in [1.29, 1.82) is 0 Å². The van der Waals surface area contributed by atoms with E-state index < -0.39 is 23.5 Å². The first-order chi connectivity index (χ1) is 18.1. The molecule has 4 rings (SSSR count). The van der Waals surface area contributed by atoms with E-state index in [1.165, 1.54) is 0 Å². The summed E-state index contributed by atoms with van der Waals surface area (Å²) in [6, 6.07) is 5.23. The fourth-order valence-corrected chi connectivity index (χ4v) is 4.91. The van der Waals surface area contributed by atoms with Crippen LogP contribution in [0.15, 0.2) is 36.8 Å². The molecule has 1 aliphatic rings. The van der Waals surface area contributed by atoms with Gasteiger partial charge < -0.3 is 19.7 Å². The number of likely N-dealkylation sites (N-methyl/N-ethyl adjacent to an activating group) is 1. The van der Waals surface area contributed by atoms with Crippen molar-refractivity contribution in [3.8, 4) is 16.3 Å². The first-order valence-electron chi connectivity index (χ1n) is 12.3. The van der Waals surface area contributed by atoms with Gasteiger partial charge in [-0.2, -0.15) is 13.2 Å². The summed E-state index contributed by atoms with van der Waals surface area (Å²) in [6.45, 7) is 6.60. The molecule has 0 saturated carbocycles. The topological polar surface area (TPSA) is 89.5 Å². The van der Waals surface area contributed by atoms with Gasteiger partial charge in [-0.3, -0.25) is 4.79 Å². The average molecular weight is 550 g/mol. The molecule has 1 atom stereocenters. The molecule has 0 bridgehead atoms. The molecular formula is C26H30F3N5O3S. The first-order valence-corrected chi connectivity index (χ1v) is 13.1. The van der Waals surface area contributed by atoms with Gasteiger partial charge >= 0.3 is 6.18 Å². The van der Waals surface area contributed by atoms with Crippen molar-refractivity contribution in [2.24, 2.45) is 0 Å². The number of thiazole rings is 1. The van der Waals surface area contributed by atoms with E-state index in [1.54, 1.807) is 23.5 Å². The monoisotopic (exact) mass is 549 g/mol. The molecule has 2 aromatic heterocycles. The lowest BCUT2D eigenvalue weighted by Crippen LogP contribution is -2.53. The van der Waals surface area contributed by atoms with Crippen molar-refractivity contribution < 1.29 is 27.4 Å². The Morgan fingerprint density at radius 2 is 1.95 bits per heavy atom. The SMILES string of the molecule is CCc1cnc(-c2cc(OCC3(CC)CN(C)CCO3)cc(C(=O)NCc3cnc(C(F)(F)F)nc3)c2)s1. The zero-order chi connectivity index (χ0) is 27.3. The minimum absolute atomic E-state index is 0.0340. The van der Waals surface area contributed by atoms with Crippen LogP contribution in [-0.2, 0) is 23.9 Å². The molecule has 1 amide bonds. The molecule has 1 saturated heterocycles. The van der Waals surface area contributed by atoms with E-state index in [9.17, 15) is 18.0 Å². The molecule has 0 aliphatic carbocycles. The lowest BCUT2D eigenvalue weighted by molar-refractivity contribution is -0.145. The number of aromatic nitrogens is 3. The van der Waals surface area contributed by atoms with E-state index in [1.807, 2.05) is 26.2 Å². The predicted molar refractivity (Wildman–Crippen MR) is 137 cm³/mol. The Kier molecular flexibility index (Phi) is 8.64. The Hall–Kier alpha value is -3.09. The molecule has 0 spiro atoms. The van der Waals surface area contributed by atoms with Crippen LogP contribution in [0.3, 0.4) is 0 Å². The van der Waals surface area contributed by atoms with Crippen LogP contribution < -0.4 is 10.1 Å². The molecule has 1 fully saturated rings. The van der Waals surface area contributed by atoms with Crippen molar-refractivity contribution >= 4 is 17.2 Å². The second-order valence-corrected chi connectivity index (χ2v) is 10.4. The highest BCUT2D eigenvalue weighted by atomic mass is 32.1. The van der Waals surface area contributed by atoms with E-state index in [-0.39, 0.29) is 6.54 Å². The van der Waals surface area contributed by atoms with Gasteiger partial charge in [-0.05, 0) is 38.1 Å². The van der Waals surface area contributed by atoms with Crippen LogP contribution in [0.2, 0.25) is 0 Å². The summed E-state index contributed by atoms with van der Waals surface area (Å²) in [7, 11) is 2.05. The minimum atomic E-state index is -4.62. The van der Waals surface area contributed by atoms with Crippen LogP contribution in [0.5, 0.6) is 5.75 Å². The summed E-state index contributed by atoms with van der Waals surface area (Å²) < 4.78 is 50.5. The maximum Gasteiger partial charge on any atom is 0.451 e. The maximum absolute atomic E-state index is 13.1. The van der Waals surface area contributed by atoms with Crippen LogP contribution in [0.25, 0.3) is 10.6 Å². The number of hydrogen-bond acceptors (Lipinski definition) is 8. The highest BCUT2D eigenvalue weighted by Crippen LogP contribution is 2.31. The van der Waals surface area contributed by atoms with Crippen molar-refractivity contribution in [2.75, 3.05) is 33.4 Å². The Morgan fingerprint density at radius 3 is 2.58 bits per heavy atom. The fourth-order valence-electron chi connectivity index (χ4n) is 4.07. The molecule has 1 unspecified atom stereocenters. The Balaban J connectivity index is 1.54. The standard InChI is InChI=1S/C26H30F3N5O3S/c1-4-21-14-31-23(38-21)19-8-18(22(35)30-11-17-12-32-24(33-13-17)26(27,28)29)9-20(10-19)36-16-25(5-2)15-34(3)6-7-37-25/h8-10,12-14H,4-7,11,15-16H2,1-3H3,(H,30,35). The zero-order valence-electron chi connectivity index (χ0n) is 21.5. The van der Waals surface area contributed by atoms with E-state index in [4.69, 9.17) is 9.47 Å². The molecule has 8 nitrogen and oxygen atoms in total. The number of nitrogens with zero attached hydrogens (tertiary/aromatic N) is 4. The van der Waals surface area contributed by atoms with Gasteiger partial charge in [0.05, 0.1) is 6.61 Å². The van der Waals surface area contributed by atoms with Crippen molar-refractivity contribution in [2.45, 2.75) is 45.0 Å². The second kappa shape index (κ2) is 11.7. The van der Waals surface area contributed by atoms with E-state index in [2.05, 4.69) is 32.1 Å². The summed E-state index contributed by atoms with van der Waals surface area (Å²) in [5.41, 5.74) is 0.966. The third-order valence-electron chi connectivity index (χ3n) is 6.32. The average Bonchev–Trinajstić information content (AvgIpc) is 3.40. The molecule has 12 heteroatoms. The Morgan fingerprint density at radius 1 is 1.18 bits per heavy atom. The number of ether oxygens (including phenoxy) is 2. The number of morpholine rings is 1. The van der Waals surface area contributed by atoms with Crippen LogP contribution in [0, 0.1) is 0 Å². The summed E-state index contributed by atoms with van der Waals surface area (Å²) in [4.78, 5) is 27.6. The molecule has 1 aliphatic heterocycles. The van der Waals surface area contributed by atoms with Gasteiger partial charge in [0.1, 0.15) is 23.0 Å². The minimum Gasteiger partial charge on any atom is -0.490 e. The van der Waals surface area contributed by atoms with Gasteiger partial charge in [-0.25, -0.2) is 15.0 Å². The van der Waals surface area contributed by atoms with Crippen LogP contribution in [0.1, 0.15) is 46.9 Å². The lowest BCUT2D eigenvalue weighted by atomic mass is 9.99. The number of nitrogens with one attached hydrogen (secondary N) is 1. The number of hydrogen-bond donors (Lipinski definition) is 1. The molecule has 1 aromatic carbocycles. The fraction of sp³-hybridized carbons (Fsp3) is 0.462. The summed E-state index contributed by atoms with van der Waals surface area (Å²) in [5, 5.41) is 3.48. The normalized spacial score (nSPS) is 18.4. The van der Waals surface area contributed by atoms with Gasteiger partial charge in [-0.15, -0.1) is 11.3 Å². The number of aryl methyl sites for hydroxylation is 1. The van der Waals surface area contributed by atoms with Crippen LogP contribution >= 0.6 is 11.3 Å². The third-order valence-corrected chi connectivity index (χ3v) is 7.51. The van der Waals surface area contributed by atoms with E-state index in [0.29, 0.717) is 30.1 Å². The number of benzene rings is 1. The quantitative estimate of drug-likeness (QED) is 0.417. The van der Waals surface area contributed by atoms with Gasteiger partial charge in [0, 0.05) is 59.8 Å². The van der Waals surface area contributed by atoms with Crippen molar-refractivity contribution in [1.82, 2.24) is 25.2 Å². The smallest absolute Gasteiger partial charge is 0.451 e. The largest absolute Gasteiger partial charge is 0.490 e. The summed E-state index contributed by atoms with van der Waals surface area (Å²) >= 11 is 1.54. The first kappa shape index (κ1) is 27.9. The Bertz CT molecular complexity index is 1250. The number of rotatable bonds is 9. The number of carbonyl (C=O) groups excluding carboxylic acids is 1. The highest BCUT2D eigenvalue weighted by Gasteiger charge is 2.35. The van der Waals surface area contributed by atoms with E-state index >= 15 is 0 Å². The molecule has 0 radical (unpaired) electrons. The Labute approximate surface area is 223 Å². The van der Waals surface area contributed by atoms with Gasteiger partial charge in [-0.1, -0.05) is 13.8 Å². The number of alkyl halides is 3. The molecule has 3 heterocycles. The number of halogens is 3. The maximum atomic E-state index is 13.1. The second-order valence-electron chi connectivity index (χ2n) is 9.24.